The Balaban J connectivity index is 2.90. The van der Waals surface area contributed by atoms with Gasteiger partial charge in [-0.15, -0.1) is 0 Å². The summed E-state index contributed by atoms with van der Waals surface area (Å²) >= 11 is 0. The first kappa shape index (κ1) is 14.2. The van der Waals surface area contributed by atoms with E-state index in [1.165, 1.54) is 0 Å². The lowest BCUT2D eigenvalue weighted by Crippen LogP contribution is -2.29. The molecule has 1 heterocycles. The second kappa shape index (κ2) is 7.50. The molecule has 0 aliphatic rings. The third-order valence-corrected chi connectivity index (χ3v) is 2.58. The first-order valence-corrected chi connectivity index (χ1v) is 6.03. The van der Waals surface area contributed by atoms with E-state index in [0.29, 0.717) is 12.2 Å². The lowest BCUT2D eigenvalue weighted by atomic mass is 10.3. The van der Waals surface area contributed by atoms with Gasteiger partial charge in [0.25, 0.3) is 0 Å². The van der Waals surface area contributed by atoms with Crippen LogP contribution >= 0.6 is 0 Å². The molecule has 0 bridgehead atoms. The molecule has 0 fully saturated rings. The number of nitrogens with two attached hydrogens (primary N) is 1. The normalized spacial score (nSPS) is 11.6. The molecule has 4 N–H and O–H groups in total. The van der Waals surface area contributed by atoms with Crippen molar-refractivity contribution in [1.82, 2.24) is 4.98 Å². The number of aliphatic hydroxyl groups excluding tert-OH is 1. The van der Waals surface area contributed by atoms with Crippen molar-refractivity contribution in [3.05, 3.63) is 23.9 Å². The van der Waals surface area contributed by atoms with E-state index < -0.39 is 0 Å². The Labute approximate surface area is 107 Å². The van der Waals surface area contributed by atoms with E-state index in [9.17, 15) is 0 Å². The number of rotatable bonds is 7. The Morgan fingerprint density at radius 1 is 1.44 bits per heavy atom. The summed E-state index contributed by atoms with van der Waals surface area (Å²) in [5, 5.41) is 20.6. The molecule has 18 heavy (non-hydrogen) atoms. The van der Waals surface area contributed by atoms with Gasteiger partial charge in [0.15, 0.2) is 5.84 Å². The van der Waals surface area contributed by atoms with Gasteiger partial charge < -0.3 is 20.9 Å². The molecule has 1 aromatic heterocycles. The number of aromatic nitrogens is 1. The molecule has 0 aliphatic carbocycles. The highest BCUT2D eigenvalue weighted by Crippen LogP contribution is 2.12. The predicted molar refractivity (Wildman–Crippen MR) is 71.0 cm³/mol. The number of amidine groups is 1. The van der Waals surface area contributed by atoms with Crippen LogP contribution in [0, 0.1) is 0 Å². The van der Waals surface area contributed by atoms with Crippen LogP contribution in [-0.2, 0) is 0 Å². The monoisotopic (exact) mass is 252 g/mol. The zero-order chi connectivity index (χ0) is 13.4. The number of hydrogen-bond donors (Lipinski definition) is 3. The summed E-state index contributed by atoms with van der Waals surface area (Å²) in [6.07, 6.45) is 2.09. The van der Waals surface area contributed by atoms with Crippen LogP contribution in [0.3, 0.4) is 0 Å². The first-order valence-electron chi connectivity index (χ1n) is 6.03. The van der Waals surface area contributed by atoms with E-state index >= 15 is 0 Å². The van der Waals surface area contributed by atoms with Crippen LogP contribution in [-0.4, -0.2) is 40.8 Å². The van der Waals surface area contributed by atoms with Crippen LogP contribution in [0.5, 0.6) is 0 Å². The fourth-order valence-corrected chi connectivity index (χ4v) is 1.60. The third-order valence-electron chi connectivity index (χ3n) is 2.58. The Hall–Kier alpha value is -1.82. The Morgan fingerprint density at radius 3 is 2.83 bits per heavy atom. The van der Waals surface area contributed by atoms with Crippen molar-refractivity contribution in [3.63, 3.8) is 0 Å². The quantitative estimate of drug-likeness (QED) is 0.288. The molecule has 1 aromatic rings. The molecule has 0 amide bonds. The van der Waals surface area contributed by atoms with Crippen molar-refractivity contribution >= 4 is 11.7 Å². The van der Waals surface area contributed by atoms with Gasteiger partial charge in [0.2, 0.25) is 0 Å². The molecular weight excluding hydrogens is 232 g/mol. The Morgan fingerprint density at radius 2 is 2.22 bits per heavy atom. The van der Waals surface area contributed by atoms with Crippen molar-refractivity contribution in [2.24, 2.45) is 10.9 Å². The molecule has 6 nitrogen and oxygen atoms in total. The predicted octanol–water partition coefficient (Wildman–Crippen LogP) is 0.775. The van der Waals surface area contributed by atoms with Gasteiger partial charge in [-0.1, -0.05) is 24.6 Å². The largest absolute Gasteiger partial charge is 0.409 e. The van der Waals surface area contributed by atoms with Crippen molar-refractivity contribution < 1.29 is 10.3 Å². The number of aliphatic hydroxyl groups is 1. The van der Waals surface area contributed by atoms with E-state index in [0.717, 1.165) is 25.2 Å². The lowest BCUT2D eigenvalue weighted by Gasteiger charge is -2.22. The molecule has 6 heteroatoms. The summed E-state index contributed by atoms with van der Waals surface area (Å²) in [6, 6.07) is 5.32. The van der Waals surface area contributed by atoms with Gasteiger partial charge in [-0.25, -0.2) is 4.98 Å². The minimum Gasteiger partial charge on any atom is -0.409 e. The molecule has 1 rings (SSSR count). The van der Waals surface area contributed by atoms with Crippen LogP contribution < -0.4 is 10.6 Å². The third kappa shape index (κ3) is 3.89. The number of unbranched alkanes of at least 4 members (excludes halogenated alkanes) is 1. The van der Waals surface area contributed by atoms with Gasteiger partial charge in [0.1, 0.15) is 11.5 Å². The summed E-state index contributed by atoms with van der Waals surface area (Å²) in [5.74, 6) is 0.706. The van der Waals surface area contributed by atoms with Crippen LogP contribution in [0.25, 0.3) is 0 Å². The van der Waals surface area contributed by atoms with E-state index in [1.54, 1.807) is 12.1 Å². The fourth-order valence-electron chi connectivity index (χ4n) is 1.60. The molecule has 0 saturated carbocycles. The molecule has 0 aromatic carbocycles. The molecule has 0 radical (unpaired) electrons. The lowest BCUT2D eigenvalue weighted by molar-refractivity contribution is 0.301. The number of nitrogens with zero attached hydrogens (tertiary/aromatic N) is 3. The zero-order valence-corrected chi connectivity index (χ0v) is 10.6. The van der Waals surface area contributed by atoms with Crippen LogP contribution in [0.1, 0.15) is 25.5 Å². The van der Waals surface area contributed by atoms with Crippen molar-refractivity contribution in [1.29, 1.82) is 0 Å². The molecule has 0 atom stereocenters. The maximum absolute atomic E-state index is 9.06. The van der Waals surface area contributed by atoms with Gasteiger partial charge in [0.05, 0.1) is 6.61 Å². The average molecular weight is 252 g/mol. The summed E-state index contributed by atoms with van der Waals surface area (Å²) in [4.78, 5) is 6.30. The molecule has 0 aliphatic heterocycles. The van der Waals surface area contributed by atoms with Crippen LogP contribution in [0.4, 0.5) is 5.82 Å². The zero-order valence-electron chi connectivity index (χ0n) is 10.6. The number of pyridine rings is 1. The van der Waals surface area contributed by atoms with Crippen molar-refractivity contribution in [2.45, 2.75) is 19.8 Å². The van der Waals surface area contributed by atoms with Gasteiger partial charge >= 0.3 is 0 Å². The van der Waals surface area contributed by atoms with Gasteiger partial charge in [0, 0.05) is 13.1 Å². The highest BCUT2D eigenvalue weighted by atomic mass is 16.4. The van der Waals surface area contributed by atoms with Crippen molar-refractivity contribution in [2.75, 3.05) is 24.6 Å². The van der Waals surface area contributed by atoms with E-state index in [-0.39, 0.29) is 12.4 Å². The summed E-state index contributed by atoms with van der Waals surface area (Å²) in [7, 11) is 0. The van der Waals surface area contributed by atoms with E-state index in [4.69, 9.17) is 16.0 Å². The molecule has 0 unspecified atom stereocenters. The van der Waals surface area contributed by atoms with Crippen molar-refractivity contribution in [3.8, 4) is 0 Å². The standard InChI is InChI=1S/C12H20N4O2/c1-2-3-7-16(8-9-17)11-6-4-5-10(14-11)12(13)15-18/h4-6,17-18H,2-3,7-9H2,1H3,(H2,13,15). The molecular formula is C12H20N4O2. The maximum atomic E-state index is 9.06. The summed E-state index contributed by atoms with van der Waals surface area (Å²) in [6.45, 7) is 3.52. The Kier molecular flexibility index (Phi) is 5.93. The minimum absolute atomic E-state index is 0.0173. The SMILES string of the molecule is CCCCN(CCO)c1cccc(C(N)=NO)n1. The highest BCUT2D eigenvalue weighted by molar-refractivity contribution is 5.95. The minimum atomic E-state index is -0.0173. The average Bonchev–Trinajstić information content (AvgIpc) is 2.42. The number of anilines is 1. The second-order valence-corrected chi connectivity index (χ2v) is 3.93. The molecule has 0 saturated heterocycles. The topological polar surface area (TPSA) is 95.0 Å². The molecule has 100 valence electrons. The number of hydrogen-bond acceptors (Lipinski definition) is 5. The maximum Gasteiger partial charge on any atom is 0.188 e. The Bertz CT molecular complexity index is 395. The molecule has 0 spiro atoms. The van der Waals surface area contributed by atoms with Crippen LogP contribution in [0.2, 0.25) is 0 Å². The van der Waals surface area contributed by atoms with Gasteiger partial charge in [-0.2, -0.15) is 0 Å². The van der Waals surface area contributed by atoms with Gasteiger partial charge in [-0.05, 0) is 18.6 Å². The van der Waals surface area contributed by atoms with Gasteiger partial charge in [-0.3, -0.25) is 0 Å². The first-order chi connectivity index (χ1) is 8.72. The van der Waals surface area contributed by atoms with Crippen LogP contribution in [0.15, 0.2) is 23.4 Å². The fraction of sp³-hybridized carbons (Fsp3) is 0.500. The van der Waals surface area contributed by atoms with E-state index in [1.807, 2.05) is 11.0 Å². The highest BCUT2D eigenvalue weighted by Gasteiger charge is 2.09. The summed E-state index contributed by atoms with van der Waals surface area (Å²) in [5.41, 5.74) is 5.93. The second-order valence-electron chi connectivity index (χ2n) is 3.93. The number of oxime groups is 1. The van der Waals surface area contributed by atoms with E-state index in [2.05, 4.69) is 17.1 Å². The summed E-state index contributed by atoms with van der Waals surface area (Å²) < 4.78 is 0. The smallest absolute Gasteiger partial charge is 0.188 e.